The van der Waals surface area contributed by atoms with E-state index in [9.17, 15) is 22.8 Å². The number of carbonyl (C=O) groups excluding carboxylic acids is 2. The minimum Gasteiger partial charge on any atom is -0.434 e. The molecular weight excluding hydrogens is 313 g/mol. The smallest absolute Gasteiger partial charge is 0.387 e. The summed E-state index contributed by atoms with van der Waals surface area (Å²) < 4.78 is 42.6. The molecule has 5 nitrogen and oxygen atoms in total. The highest BCUT2D eigenvalue weighted by Crippen LogP contribution is 2.23. The van der Waals surface area contributed by atoms with Crippen molar-refractivity contribution in [2.75, 3.05) is 13.1 Å². The van der Waals surface area contributed by atoms with Gasteiger partial charge < -0.3 is 15.0 Å². The molecule has 0 spiro atoms. The molecule has 2 rings (SSSR count). The Balaban J connectivity index is 1.94. The molecule has 2 amide bonds. The van der Waals surface area contributed by atoms with Gasteiger partial charge in [0.1, 0.15) is 11.6 Å². The number of carbonyl (C=O) groups is 2. The van der Waals surface area contributed by atoms with Crippen molar-refractivity contribution in [1.29, 1.82) is 0 Å². The van der Waals surface area contributed by atoms with E-state index in [1.165, 1.54) is 17.0 Å². The number of halogens is 3. The number of amides is 2. The summed E-state index contributed by atoms with van der Waals surface area (Å²) in [6.45, 7) is -3.00. The van der Waals surface area contributed by atoms with E-state index in [-0.39, 0.29) is 30.3 Å². The zero-order chi connectivity index (χ0) is 16.8. The largest absolute Gasteiger partial charge is 0.434 e. The van der Waals surface area contributed by atoms with E-state index < -0.39 is 18.3 Å². The summed E-state index contributed by atoms with van der Waals surface area (Å²) in [4.78, 5) is 24.9. The van der Waals surface area contributed by atoms with Gasteiger partial charge in [-0.3, -0.25) is 9.59 Å². The Morgan fingerprint density at radius 3 is 2.83 bits per heavy atom. The number of ether oxygens (including phenoxy) is 1. The zero-order valence-electron chi connectivity index (χ0n) is 12.4. The Labute approximate surface area is 131 Å². The van der Waals surface area contributed by atoms with Crippen molar-refractivity contribution in [3.63, 3.8) is 0 Å². The summed E-state index contributed by atoms with van der Waals surface area (Å²) in [5.41, 5.74) is -0.161. The lowest BCUT2D eigenvalue weighted by Crippen LogP contribution is -2.42. The number of alkyl halides is 2. The molecule has 126 valence electrons. The summed E-state index contributed by atoms with van der Waals surface area (Å²) in [6, 6.07) is 3.53. The normalized spacial score (nSPS) is 15.0. The molecule has 0 bridgehead atoms. The van der Waals surface area contributed by atoms with Gasteiger partial charge in [-0.2, -0.15) is 8.78 Å². The number of nitrogens with zero attached hydrogens (tertiary/aromatic N) is 1. The molecule has 0 aliphatic carbocycles. The zero-order valence-corrected chi connectivity index (χ0v) is 12.4. The van der Waals surface area contributed by atoms with E-state index in [2.05, 4.69) is 10.1 Å². The summed E-state index contributed by atoms with van der Waals surface area (Å²) in [6.07, 6.45) is 2.05. The summed E-state index contributed by atoms with van der Waals surface area (Å²) in [5.74, 6) is -1.66. The van der Waals surface area contributed by atoms with Gasteiger partial charge in [-0.25, -0.2) is 4.39 Å². The molecular formula is C15H17F3N2O3. The molecule has 0 saturated carbocycles. The molecule has 8 heteroatoms. The van der Waals surface area contributed by atoms with Crippen LogP contribution in [0.4, 0.5) is 13.2 Å². The van der Waals surface area contributed by atoms with Crippen LogP contribution in [0.5, 0.6) is 5.75 Å². The fraction of sp³-hybridized carbons (Fsp3) is 0.467. The van der Waals surface area contributed by atoms with Crippen LogP contribution < -0.4 is 10.1 Å². The van der Waals surface area contributed by atoms with Gasteiger partial charge in [0.05, 0.1) is 6.54 Å². The first-order chi connectivity index (χ1) is 11.0. The lowest BCUT2D eigenvalue weighted by atomic mass is 10.1. The van der Waals surface area contributed by atoms with Crippen molar-refractivity contribution in [2.45, 2.75) is 32.4 Å². The first-order valence-corrected chi connectivity index (χ1v) is 7.24. The summed E-state index contributed by atoms with van der Waals surface area (Å²) in [5, 5.41) is 2.42. The topological polar surface area (TPSA) is 58.6 Å². The van der Waals surface area contributed by atoms with Crippen LogP contribution in [0.3, 0.4) is 0 Å². The van der Waals surface area contributed by atoms with Gasteiger partial charge in [0.2, 0.25) is 11.8 Å². The predicted molar refractivity (Wildman–Crippen MR) is 75.3 cm³/mol. The van der Waals surface area contributed by atoms with Crippen LogP contribution in [0.2, 0.25) is 0 Å². The van der Waals surface area contributed by atoms with Crippen molar-refractivity contribution in [2.24, 2.45) is 0 Å². The SMILES string of the molecule is O=C(CN1CCCCC1=O)NCc1c(F)cccc1OC(F)F. The first kappa shape index (κ1) is 17.1. The van der Waals surface area contributed by atoms with E-state index in [4.69, 9.17) is 0 Å². The maximum absolute atomic E-state index is 13.7. The van der Waals surface area contributed by atoms with Crippen LogP contribution in [0.1, 0.15) is 24.8 Å². The van der Waals surface area contributed by atoms with Crippen molar-refractivity contribution >= 4 is 11.8 Å². The van der Waals surface area contributed by atoms with Crippen molar-refractivity contribution in [3.05, 3.63) is 29.6 Å². The standard InChI is InChI=1S/C15H17F3N2O3/c16-11-4-3-5-12(23-15(17)18)10(11)8-19-13(21)9-20-7-2-1-6-14(20)22/h3-5,15H,1-2,6-9H2,(H,19,21). The van der Waals surface area contributed by atoms with Crippen LogP contribution in [-0.4, -0.2) is 36.4 Å². The second-order valence-electron chi connectivity index (χ2n) is 5.14. The van der Waals surface area contributed by atoms with E-state index in [1.807, 2.05) is 0 Å². The number of likely N-dealkylation sites (tertiary alicyclic amines) is 1. The number of rotatable bonds is 6. The van der Waals surface area contributed by atoms with Crippen LogP contribution in [0.25, 0.3) is 0 Å². The average Bonchev–Trinajstić information content (AvgIpc) is 2.48. The van der Waals surface area contributed by atoms with E-state index in [0.717, 1.165) is 18.9 Å². The van der Waals surface area contributed by atoms with Crippen LogP contribution >= 0.6 is 0 Å². The fourth-order valence-corrected chi connectivity index (χ4v) is 2.36. The minimum atomic E-state index is -3.09. The van der Waals surface area contributed by atoms with Crippen molar-refractivity contribution in [1.82, 2.24) is 10.2 Å². The Morgan fingerprint density at radius 1 is 1.35 bits per heavy atom. The van der Waals surface area contributed by atoms with Gasteiger partial charge in [0.25, 0.3) is 0 Å². The maximum atomic E-state index is 13.7. The molecule has 1 aromatic carbocycles. The third-order valence-corrected chi connectivity index (χ3v) is 3.51. The second kappa shape index (κ2) is 7.85. The molecule has 0 radical (unpaired) electrons. The molecule has 1 fully saturated rings. The van der Waals surface area contributed by atoms with Crippen LogP contribution in [0.15, 0.2) is 18.2 Å². The Hall–Kier alpha value is -2.25. The lowest BCUT2D eigenvalue weighted by molar-refractivity contribution is -0.137. The van der Waals surface area contributed by atoms with Gasteiger partial charge >= 0.3 is 6.61 Å². The van der Waals surface area contributed by atoms with Gasteiger partial charge in [-0.15, -0.1) is 0 Å². The lowest BCUT2D eigenvalue weighted by Gasteiger charge is -2.26. The molecule has 1 saturated heterocycles. The number of benzene rings is 1. The molecule has 0 unspecified atom stereocenters. The highest BCUT2D eigenvalue weighted by atomic mass is 19.3. The highest BCUT2D eigenvalue weighted by Gasteiger charge is 2.21. The molecule has 1 aromatic rings. The van der Waals surface area contributed by atoms with Crippen molar-refractivity contribution < 1.29 is 27.5 Å². The quantitative estimate of drug-likeness (QED) is 0.868. The number of nitrogens with one attached hydrogen (secondary N) is 1. The molecule has 1 heterocycles. The van der Waals surface area contributed by atoms with E-state index >= 15 is 0 Å². The first-order valence-electron chi connectivity index (χ1n) is 7.24. The molecule has 1 N–H and O–H groups in total. The second-order valence-corrected chi connectivity index (χ2v) is 5.14. The monoisotopic (exact) mass is 330 g/mol. The summed E-state index contributed by atoms with van der Waals surface area (Å²) in [7, 11) is 0. The number of piperidine rings is 1. The third kappa shape index (κ3) is 4.87. The molecule has 0 aromatic heterocycles. The Morgan fingerprint density at radius 2 is 2.13 bits per heavy atom. The Bertz CT molecular complexity index is 581. The van der Waals surface area contributed by atoms with Gasteiger partial charge in [-0.1, -0.05) is 6.07 Å². The number of hydrogen-bond acceptors (Lipinski definition) is 3. The molecule has 1 aliphatic heterocycles. The molecule has 1 aliphatic rings. The van der Waals surface area contributed by atoms with Crippen LogP contribution in [0, 0.1) is 5.82 Å². The predicted octanol–water partition coefficient (Wildman–Crippen LogP) is 2.06. The minimum absolute atomic E-state index is 0.0981. The van der Waals surface area contributed by atoms with Gasteiger partial charge in [0.15, 0.2) is 0 Å². The van der Waals surface area contributed by atoms with E-state index in [1.54, 1.807) is 0 Å². The van der Waals surface area contributed by atoms with E-state index in [0.29, 0.717) is 13.0 Å². The highest BCUT2D eigenvalue weighted by molar-refractivity contribution is 5.85. The fourth-order valence-electron chi connectivity index (χ4n) is 2.36. The van der Waals surface area contributed by atoms with Crippen LogP contribution in [-0.2, 0) is 16.1 Å². The average molecular weight is 330 g/mol. The van der Waals surface area contributed by atoms with Gasteiger partial charge in [-0.05, 0) is 25.0 Å². The summed E-state index contributed by atoms with van der Waals surface area (Å²) >= 11 is 0. The number of hydrogen-bond donors (Lipinski definition) is 1. The molecule has 23 heavy (non-hydrogen) atoms. The Kier molecular flexibility index (Phi) is 5.84. The molecule has 0 atom stereocenters. The van der Waals surface area contributed by atoms with Gasteiger partial charge in [0, 0.05) is 25.1 Å². The van der Waals surface area contributed by atoms with Crippen molar-refractivity contribution in [3.8, 4) is 5.75 Å². The maximum Gasteiger partial charge on any atom is 0.387 e. The third-order valence-electron chi connectivity index (χ3n) is 3.51.